The summed E-state index contributed by atoms with van der Waals surface area (Å²) in [5, 5.41) is 3.04. The van der Waals surface area contributed by atoms with Gasteiger partial charge >= 0.3 is 0 Å². The van der Waals surface area contributed by atoms with Gasteiger partial charge in [-0.1, -0.05) is 30.3 Å². The van der Waals surface area contributed by atoms with Crippen molar-refractivity contribution in [1.82, 2.24) is 10.2 Å². The van der Waals surface area contributed by atoms with E-state index >= 15 is 0 Å². The number of amides is 1. The molecule has 9 heteroatoms. The van der Waals surface area contributed by atoms with Gasteiger partial charge in [0.15, 0.2) is 15.6 Å². The van der Waals surface area contributed by atoms with E-state index in [4.69, 9.17) is 13.9 Å². The fourth-order valence-electron chi connectivity index (χ4n) is 3.82. The highest BCUT2D eigenvalue weighted by molar-refractivity contribution is 7.90. The fourth-order valence-corrected chi connectivity index (χ4v) is 5.09. The van der Waals surface area contributed by atoms with Gasteiger partial charge in [-0.15, -0.1) is 0 Å². The summed E-state index contributed by atoms with van der Waals surface area (Å²) in [6.45, 7) is 3.48. The van der Waals surface area contributed by atoms with Gasteiger partial charge in [0.25, 0.3) is 5.91 Å². The van der Waals surface area contributed by atoms with Gasteiger partial charge in [0.2, 0.25) is 0 Å². The van der Waals surface area contributed by atoms with Gasteiger partial charge in [0.1, 0.15) is 17.3 Å². The van der Waals surface area contributed by atoms with E-state index in [0.29, 0.717) is 19.8 Å². The van der Waals surface area contributed by atoms with Gasteiger partial charge in [-0.05, 0) is 42.0 Å². The van der Waals surface area contributed by atoms with Gasteiger partial charge in [0.05, 0.1) is 31.3 Å². The monoisotopic (exact) mass is 484 g/mol. The predicted octanol–water partition coefficient (Wildman–Crippen LogP) is 3.07. The Morgan fingerprint density at radius 3 is 2.41 bits per heavy atom. The third-order valence-corrected chi connectivity index (χ3v) is 7.34. The Morgan fingerprint density at radius 1 is 1.03 bits per heavy atom. The lowest BCUT2D eigenvalue weighted by Gasteiger charge is -2.31. The number of benzene rings is 2. The van der Waals surface area contributed by atoms with Crippen LogP contribution in [0.1, 0.15) is 27.9 Å². The number of nitrogens with zero attached hydrogens (tertiary/aromatic N) is 1. The zero-order chi connectivity index (χ0) is 24.0. The Labute approximate surface area is 199 Å². The quantitative estimate of drug-likeness (QED) is 0.498. The van der Waals surface area contributed by atoms with Crippen molar-refractivity contribution in [2.24, 2.45) is 0 Å². The molecule has 1 aromatic heterocycles. The van der Waals surface area contributed by atoms with Crippen LogP contribution in [0.15, 0.2) is 76.0 Å². The molecule has 2 aromatic carbocycles. The van der Waals surface area contributed by atoms with Crippen molar-refractivity contribution in [1.29, 1.82) is 0 Å². The second-order valence-corrected chi connectivity index (χ2v) is 10.0. The number of rotatable bonds is 9. The van der Waals surface area contributed by atoms with E-state index in [1.807, 2.05) is 24.3 Å². The van der Waals surface area contributed by atoms with E-state index < -0.39 is 15.7 Å². The molecule has 0 radical (unpaired) electrons. The number of carbonyl (C=O) groups excluding carboxylic acids is 1. The van der Waals surface area contributed by atoms with Crippen LogP contribution in [0, 0.1) is 0 Å². The summed E-state index contributed by atoms with van der Waals surface area (Å²) in [4.78, 5) is 15.5. The molecule has 0 unspecified atom stereocenters. The van der Waals surface area contributed by atoms with E-state index in [2.05, 4.69) is 10.2 Å². The van der Waals surface area contributed by atoms with Crippen molar-refractivity contribution in [3.8, 4) is 5.75 Å². The lowest BCUT2D eigenvalue weighted by Crippen LogP contribution is -2.43. The van der Waals surface area contributed by atoms with E-state index in [1.165, 1.54) is 24.3 Å². The average molecular weight is 485 g/mol. The van der Waals surface area contributed by atoms with Crippen LogP contribution in [0.3, 0.4) is 0 Å². The van der Waals surface area contributed by atoms with E-state index in [9.17, 15) is 13.2 Å². The Bertz CT molecular complexity index is 1190. The first-order valence-corrected chi connectivity index (χ1v) is 12.7. The molecule has 1 aliphatic heterocycles. The highest BCUT2D eigenvalue weighted by Gasteiger charge is 2.23. The van der Waals surface area contributed by atoms with Crippen LogP contribution in [-0.4, -0.2) is 59.2 Å². The molecule has 0 spiro atoms. The SMILES string of the molecule is COc1ccc([C@@H](CN2CCOCC2)NC(=O)c2ccc(CS(=O)(=O)c3ccccc3)o2)cc1. The third-order valence-electron chi connectivity index (χ3n) is 5.69. The standard InChI is InChI=1S/C25H28N2O6S/c1-31-20-9-7-19(8-10-20)23(17-27-13-15-32-16-14-27)26-25(28)24-12-11-21(33-24)18-34(29,30)22-5-3-2-4-6-22/h2-12,23H,13-18H2,1H3,(H,26,28)/t23-/m1/s1. The summed E-state index contributed by atoms with van der Waals surface area (Å²) in [7, 11) is -1.97. The van der Waals surface area contributed by atoms with Crippen molar-refractivity contribution < 1.29 is 27.1 Å². The predicted molar refractivity (Wildman–Crippen MR) is 127 cm³/mol. The van der Waals surface area contributed by atoms with E-state index in [0.717, 1.165) is 24.4 Å². The number of methoxy groups -OCH3 is 1. The van der Waals surface area contributed by atoms with Crippen LogP contribution in [0.25, 0.3) is 0 Å². The van der Waals surface area contributed by atoms with Crippen LogP contribution in [0.2, 0.25) is 0 Å². The lowest BCUT2D eigenvalue weighted by molar-refractivity contribution is 0.0331. The van der Waals surface area contributed by atoms with Crippen LogP contribution in [0.4, 0.5) is 0 Å². The summed E-state index contributed by atoms with van der Waals surface area (Å²) in [6, 6.07) is 18.5. The lowest BCUT2D eigenvalue weighted by atomic mass is 10.1. The molecule has 0 aliphatic carbocycles. The number of furan rings is 1. The molecule has 1 saturated heterocycles. The molecule has 0 bridgehead atoms. The van der Waals surface area contributed by atoms with Crippen molar-refractivity contribution >= 4 is 15.7 Å². The second-order valence-electron chi connectivity index (χ2n) is 8.05. The molecule has 1 atom stereocenters. The first-order chi connectivity index (χ1) is 16.4. The van der Waals surface area contributed by atoms with Gasteiger partial charge in [0, 0.05) is 19.6 Å². The topological polar surface area (TPSA) is 98.1 Å². The van der Waals surface area contributed by atoms with E-state index in [-0.39, 0.29) is 28.2 Å². The molecular weight excluding hydrogens is 456 g/mol. The summed E-state index contributed by atoms with van der Waals surface area (Å²) >= 11 is 0. The molecule has 1 N–H and O–H groups in total. The highest BCUT2D eigenvalue weighted by atomic mass is 32.2. The number of hydrogen-bond acceptors (Lipinski definition) is 7. The number of ether oxygens (including phenoxy) is 2. The number of hydrogen-bond donors (Lipinski definition) is 1. The van der Waals surface area contributed by atoms with Gasteiger partial charge in [-0.2, -0.15) is 0 Å². The van der Waals surface area contributed by atoms with Gasteiger partial charge < -0.3 is 19.2 Å². The van der Waals surface area contributed by atoms with Crippen LogP contribution < -0.4 is 10.1 Å². The minimum absolute atomic E-state index is 0.0683. The molecular formula is C25H28N2O6S. The highest BCUT2D eigenvalue weighted by Crippen LogP contribution is 2.22. The normalized spacial score (nSPS) is 15.6. The van der Waals surface area contributed by atoms with Crippen molar-refractivity contribution in [3.63, 3.8) is 0 Å². The Morgan fingerprint density at radius 2 is 1.74 bits per heavy atom. The number of sulfone groups is 1. The van der Waals surface area contributed by atoms with Gasteiger partial charge in [-0.25, -0.2) is 8.42 Å². The summed E-state index contributed by atoms with van der Waals surface area (Å²) in [6.07, 6.45) is 0. The molecule has 3 aromatic rings. The number of carbonyl (C=O) groups is 1. The maximum Gasteiger partial charge on any atom is 0.287 e. The third kappa shape index (κ3) is 6.05. The maximum absolute atomic E-state index is 13.0. The minimum Gasteiger partial charge on any atom is -0.497 e. The summed E-state index contributed by atoms with van der Waals surface area (Å²) < 4.78 is 41.6. The van der Waals surface area contributed by atoms with Crippen LogP contribution in [0.5, 0.6) is 5.75 Å². The maximum atomic E-state index is 13.0. The average Bonchev–Trinajstić information content (AvgIpc) is 3.33. The number of nitrogens with one attached hydrogen (secondary N) is 1. The molecule has 1 fully saturated rings. The second kappa shape index (κ2) is 10.9. The first kappa shape index (κ1) is 24.0. The first-order valence-electron chi connectivity index (χ1n) is 11.1. The van der Waals surface area contributed by atoms with Crippen LogP contribution >= 0.6 is 0 Å². The van der Waals surface area contributed by atoms with Crippen molar-refractivity contribution in [2.45, 2.75) is 16.7 Å². The molecule has 2 heterocycles. The zero-order valence-corrected chi connectivity index (χ0v) is 19.8. The van der Waals surface area contributed by atoms with Gasteiger partial charge in [-0.3, -0.25) is 9.69 Å². The molecule has 34 heavy (non-hydrogen) atoms. The number of morpholine rings is 1. The zero-order valence-electron chi connectivity index (χ0n) is 19.0. The summed E-state index contributed by atoms with van der Waals surface area (Å²) in [5.41, 5.74) is 0.930. The Hall–Kier alpha value is -3.14. The Kier molecular flexibility index (Phi) is 7.66. The molecule has 8 nitrogen and oxygen atoms in total. The minimum atomic E-state index is -3.57. The van der Waals surface area contributed by atoms with E-state index in [1.54, 1.807) is 25.3 Å². The molecule has 180 valence electrons. The smallest absolute Gasteiger partial charge is 0.287 e. The molecule has 1 aliphatic rings. The Balaban J connectivity index is 1.48. The fraction of sp³-hybridized carbons (Fsp3) is 0.320. The molecule has 1 amide bonds. The van der Waals surface area contributed by atoms with Crippen molar-refractivity contribution in [3.05, 3.63) is 83.8 Å². The molecule has 0 saturated carbocycles. The van der Waals surface area contributed by atoms with Crippen molar-refractivity contribution in [2.75, 3.05) is 40.0 Å². The molecule has 4 rings (SSSR count). The summed E-state index contributed by atoms with van der Waals surface area (Å²) in [5.74, 6) is 0.287. The largest absolute Gasteiger partial charge is 0.497 e. The van der Waals surface area contributed by atoms with Crippen LogP contribution in [-0.2, 0) is 20.3 Å².